The average molecular weight is 462 g/mol. The van der Waals surface area contributed by atoms with Crippen LogP contribution in [0, 0.1) is 17.2 Å². The van der Waals surface area contributed by atoms with Crippen molar-refractivity contribution in [3.8, 4) is 11.8 Å². The molecule has 2 amide bonds. The van der Waals surface area contributed by atoms with Crippen LogP contribution in [0.4, 0.5) is 5.82 Å². The summed E-state index contributed by atoms with van der Waals surface area (Å²) in [5.74, 6) is 1.19. The third-order valence-electron chi connectivity index (χ3n) is 6.75. The molecule has 2 saturated heterocycles. The van der Waals surface area contributed by atoms with Crippen LogP contribution in [0.1, 0.15) is 43.4 Å². The van der Waals surface area contributed by atoms with E-state index in [0.717, 1.165) is 30.0 Å². The molecule has 0 aliphatic carbocycles. The zero-order chi connectivity index (χ0) is 24.1. The van der Waals surface area contributed by atoms with E-state index in [4.69, 9.17) is 10.00 Å². The molecule has 8 heteroatoms. The quantitative estimate of drug-likeness (QED) is 0.630. The van der Waals surface area contributed by atoms with Crippen molar-refractivity contribution in [1.82, 2.24) is 14.8 Å². The lowest BCUT2D eigenvalue weighted by molar-refractivity contribution is -0.136. The lowest BCUT2D eigenvalue weighted by atomic mass is 9.92. The highest BCUT2D eigenvalue weighted by atomic mass is 16.5. The van der Waals surface area contributed by atoms with Gasteiger partial charge in [-0.3, -0.25) is 9.59 Å². The first kappa shape index (κ1) is 23.6. The van der Waals surface area contributed by atoms with E-state index in [2.05, 4.69) is 22.9 Å². The molecule has 0 N–H and O–H groups in total. The summed E-state index contributed by atoms with van der Waals surface area (Å²) in [4.78, 5) is 36.9. The number of hydrogen-bond donors (Lipinski definition) is 0. The van der Waals surface area contributed by atoms with Crippen LogP contribution in [0.2, 0.25) is 0 Å². The normalized spacial score (nSPS) is 20.4. The second kappa shape index (κ2) is 10.6. The Morgan fingerprint density at radius 3 is 2.56 bits per heavy atom. The number of likely N-dealkylation sites (tertiary alicyclic amines) is 1. The zero-order valence-electron chi connectivity index (χ0n) is 19.8. The molecule has 1 aromatic carbocycles. The van der Waals surface area contributed by atoms with Crippen molar-refractivity contribution in [2.45, 2.75) is 32.2 Å². The zero-order valence-corrected chi connectivity index (χ0v) is 19.8. The molecule has 34 heavy (non-hydrogen) atoms. The molecular weight excluding hydrogens is 430 g/mol. The molecule has 2 aromatic rings. The van der Waals surface area contributed by atoms with Crippen LogP contribution in [0.3, 0.4) is 0 Å². The minimum Gasteiger partial charge on any atom is -0.497 e. The predicted molar refractivity (Wildman–Crippen MR) is 128 cm³/mol. The number of unbranched alkanes of at least 4 members (excludes halogenated alkanes) is 1. The third-order valence-corrected chi connectivity index (χ3v) is 6.75. The number of nitriles is 1. The van der Waals surface area contributed by atoms with Gasteiger partial charge < -0.3 is 19.4 Å². The number of benzene rings is 1. The van der Waals surface area contributed by atoms with Gasteiger partial charge >= 0.3 is 0 Å². The molecule has 2 aliphatic rings. The molecular formula is C26H31N5O3. The Labute approximate surface area is 200 Å². The third kappa shape index (κ3) is 4.84. The summed E-state index contributed by atoms with van der Waals surface area (Å²) >= 11 is 0. The number of aromatic nitrogens is 1. The van der Waals surface area contributed by atoms with E-state index >= 15 is 0 Å². The number of amides is 2. The lowest BCUT2D eigenvalue weighted by Crippen LogP contribution is -2.51. The number of rotatable bonds is 7. The topological polar surface area (TPSA) is 89.8 Å². The summed E-state index contributed by atoms with van der Waals surface area (Å²) < 4.78 is 5.29. The number of nitrogens with zero attached hydrogens (tertiary/aromatic N) is 5. The van der Waals surface area contributed by atoms with E-state index in [9.17, 15) is 9.59 Å². The maximum atomic E-state index is 13.7. The fourth-order valence-electron chi connectivity index (χ4n) is 4.87. The van der Waals surface area contributed by atoms with E-state index in [0.29, 0.717) is 38.3 Å². The van der Waals surface area contributed by atoms with Gasteiger partial charge in [-0.2, -0.15) is 5.26 Å². The van der Waals surface area contributed by atoms with Gasteiger partial charge in [-0.15, -0.1) is 0 Å². The molecule has 3 heterocycles. The SMILES string of the molecule is CCCCN1C(=O)C[C@H](C(=O)N2CCN(c3cc(C#N)ccn3)CC2)[C@@H]1c1ccc(OC)cc1. The fraction of sp³-hybridized carbons (Fsp3) is 0.462. The minimum atomic E-state index is -0.399. The fourth-order valence-corrected chi connectivity index (χ4v) is 4.87. The van der Waals surface area contributed by atoms with Crippen LogP contribution in [0.15, 0.2) is 42.6 Å². The highest BCUT2D eigenvalue weighted by molar-refractivity contribution is 5.90. The van der Waals surface area contributed by atoms with Crippen molar-refractivity contribution < 1.29 is 14.3 Å². The first-order valence-electron chi connectivity index (χ1n) is 11.9. The van der Waals surface area contributed by atoms with Crippen LogP contribution in [-0.4, -0.2) is 66.4 Å². The maximum Gasteiger partial charge on any atom is 0.228 e. The maximum absolute atomic E-state index is 13.7. The molecule has 4 rings (SSSR count). The number of carbonyl (C=O) groups excluding carboxylic acids is 2. The number of hydrogen-bond acceptors (Lipinski definition) is 6. The van der Waals surface area contributed by atoms with Crippen molar-refractivity contribution in [3.63, 3.8) is 0 Å². The largest absolute Gasteiger partial charge is 0.497 e. The molecule has 2 aliphatic heterocycles. The van der Waals surface area contributed by atoms with Gasteiger partial charge in [0.25, 0.3) is 0 Å². The van der Waals surface area contributed by atoms with Gasteiger partial charge in [0, 0.05) is 45.3 Å². The van der Waals surface area contributed by atoms with Crippen LogP contribution < -0.4 is 9.64 Å². The van der Waals surface area contributed by atoms with Crippen LogP contribution in [-0.2, 0) is 9.59 Å². The predicted octanol–water partition coefficient (Wildman–Crippen LogP) is 3.00. The Kier molecular flexibility index (Phi) is 7.31. The summed E-state index contributed by atoms with van der Waals surface area (Å²) in [6.07, 6.45) is 3.78. The Balaban J connectivity index is 1.50. The summed E-state index contributed by atoms with van der Waals surface area (Å²) in [5, 5.41) is 9.15. The number of methoxy groups -OCH3 is 1. The Bertz CT molecular complexity index is 1060. The summed E-state index contributed by atoms with van der Waals surface area (Å²) in [5.41, 5.74) is 1.54. The highest BCUT2D eigenvalue weighted by Crippen LogP contribution is 2.40. The van der Waals surface area contributed by atoms with Gasteiger partial charge in [0.05, 0.1) is 30.7 Å². The van der Waals surface area contributed by atoms with Crippen molar-refractivity contribution in [3.05, 3.63) is 53.7 Å². The smallest absolute Gasteiger partial charge is 0.228 e. The summed E-state index contributed by atoms with van der Waals surface area (Å²) in [7, 11) is 1.62. The van der Waals surface area contributed by atoms with Gasteiger partial charge in [0.15, 0.2) is 0 Å². The molecule has 8 nitrogen and oxygen atoms in total. The first-order chi connectivity index (χ1) is 16.5. The van der Waals surface area contributed by atoms with E-state index in [1.165, 1.54) is 0 Å². The molecule has 0 unspecified atom stereocenters. The van der Waals surface area contributed by atoms with Crippen molar-refractivity contribution >= 4 is 17.6 Å². The Morgan fingerprint density at radius 2 is 1.91 bits per heavy atom. The van der Waals surface area contributed by atoms with Crippen molar-refractivity contribution in [2.75, 3.05) is 44.7 Å². The van der Waals surface area contributed by atoms with E-state index in [1.54, 1.807) is 25.4 Å². The molecule has 0 saturated carbocycles. The molecule has 0 bridgehead atoms. The Morgan fingerprint density at radius 1 is 1.18 bits per heavy atom. The van der Waals surface area contributed by atoms with E-state index in [-0.39, 0.29) is 24.3 Å². The molecule has 2 atom stereocenters. The molecule has 0 radical (unpaired) electrons. The second-order valence-electron chi connectivity index (χ2n) is 8.80. The number of anilines is 1. The molecule has 1 aromatic heterocycles. The van der Waals surface area contributed by atoms with Crippen LogP contribution in [0.25, 0.3) is 0 Å². The average Bonchev–Trinajstić information content (AvgIpc) is 3.22. The van der Waals surface area contributed by atoms with Gasteiger partial charge in [-0.1, -0.05) is 25.5 Å². The van der Waals surface area contributed by atoms with Gasteiger partial charge in [0.2, 0.25) is 11.8 Å². The van der Waals surface area contributed by atoms with E-state index < -0.39 is 5.92 Å². The van der Waals surface area contributed by atoms with Crippen molar-refractivity contribution in [2.24, 2.45) is 5.92 Å². The van der Waals surface area contributed by atoms with Gasteiger partial charge in [-0.05, 0) is 36.2 Å². The number of piperazine rings is 1. The van der Waals surface area contributed by atoms with Crippen molar-refractivity contribution in [1.29, 1.82) is 5.26 Å². The molecule has 2 fully saturated rings. The summed E-state index contributed by atoms with van der Waals surface area (Å²) in [6.45, 7) is 5.16. The minimum absolute atomic E-state index is 0.0338. The standard InChI is InChI=1S/C26H31N5O3/c1-3-4-11-31-24(32)17-22(25(31)20-5-7-21(34-2)8-6-20)26(33)30-14-12-29(13-15-30)23-16-19(18-27)9-10-28-23/h5-10,16,22,25H,3-4,11-15,17H2,1-2H3/t22-,25-/m0/s1. The van der Waals surface area contributed by atoms with Crippen LogP contribution in [0.5, 0.6) is 5.75 Å². The first-order valence-corrected chi connectivity index (χ1v) is 11.9. The number of carbonyl (C=O) groups is 2. The number of pyridine rings is 1. The van der Waals surface area contributed by atoms with E-state index in [1.807, 2.05) is 34.1 Å². The molecule has 0 spiro atoms. The van der Waals surface area contributed by atoms with Crippen LogP contribution >= 0.6 is 0 Å². The number of ether oxygens (including phenoxy) is 1. The Hall–Kier alpha value is -3.60. The summed E-state index contributed by atoms with van der Waals surface area (Å²) in [6, 6.07) is 13.1. The molecule has 178 valence electrons. The van der Waals surface area contributed by atoms with Gasteiger partial charge in [0.1, 0.15) is 11.6 Å². The van der Waals surface area contributed by atoms with Gasteiger partial charge in [-0.25, -0.2) is 4.98 Å². The highest BCUT2D eigenvalue weighted by Gasteiger charge is 2.45. The second-order valence-corrected chi connectivity index (χ2v) is 8.80. The lowest BCUT2D eigenvalue weighted by Gasteiger charge is -2.38. The monoisotopic (exact) mass is 461 g/mol.